The monoisotopic (exact) mass is 468 g/mol. The molecule has 0 aromatic heterocycles. The van der Waals surface area contributed by atoms with Gasteiger partial charge in [0.25, 0.3) is 0 Å². The van der Waals surface area contributed by atoms with Crippen LogP contribution in [-0.4, -0.2) is 29.6 Å². The maximum Gasteiger partial charge on any atom is 0.335 e. The van der Waals surface area contributed by atoms with E-state index in [-0.39, 0.29) is 23.2 Å². The second-order valence-corrected chi connectivity index (χ2v) is 10.8. The van der Waals surface area contributed by atoms with Gasteiger partial charge in [-0.15, -0.1) is 6.42 Å². The van der Waals surface area contributed by atoms with Crippen LogP contribution in [0.4, 0.5) is 0 Å². The quantitative estimate of drug-likeness (QED) is 0.146. The zero-order chi connectivity index (χ0) is 24.7. The molecule has 4 rings (SSSR count). The Labute approximate surface area is 202 Å². The summed E-state index contributed by atoms with van der Waals surface area (Å²) < 4.78 is 16.4. The minimum absolute atomic E-state index is 0.0855. The molecule has 0 amide bonds. The van der Waals surface area contributed by atoms with Crippen molar-refractivity contribution in [1.82, 2.24) is 0 Å². The van der Waals surface area contributed by atoms with Crippen LogP contribution < -0.4 is 0 Å². The summed E-state index contributed by atoms with van der Waals surface area (Å²) in [7, 11) is 0. The molecule has 0 aromatic carbocycles. The van der Waals surface area contributed by atoms with Gasteiger partial charge in [-0.1, -0.05) is 18.4 Å². The van der Waals surface area contributed by atoms with Crippen molar-refractivity contribution < 1.29 is 28.6 Å². The SMILES string of the molecule is C#C[C@@]1(OC(=O)/C=C(/C)OC(C)=O)CC[C@H]2[C@@H]3CCC4=C[C@@H](OC(C)=O)CC[C@@H]4[C@H]3CC[C@@]21C. The van der Waals surface area contributed by atoms with Crippen molar-refractivity contribution in [2.75, 3.05) is 0 Å². The van der Waals surface area contributed by atoms with E-state index in [9.17, 15) is 14.4 Å². The van der Waals surface area contributed by atoms with E-state index in [1.807, 2.05) is 0 Å². The molecule has 3 fully saturated rings. The van der Waals surface area contributed by atoms with Gasteiger partial charge in [-0.3, -0.25) is 9.59 Å². The number of hydrogen-bond donors (Lipinski definition) is 0. The van der Waals surface area contributed by atoms with Crippen LogP contribution >= 0.6 is 0 Å². The fourth-order valence-electron chi connectivity index (χ4n) is 7.66. The van der Waals surface area contributed by atoms with Crippen LogP contribution in [0.1, 0.15) is 79.1 Å². The summed E-state index contributed by atoms with van der Waals surface area (Å²) in [5.74, 6) is 3.95. The Hall–Kier alpha value is -2.55. The molecule has 0 heterocycles. The van der Waals surface area contributed by atoms with Crippen molar-refractivity contribution in [3.8, 4) is 12.3 Å². The number of carbonyl (C=O) groups is 3. The number of rotatable bonds is 4. The summed E-state index contributed by atoms with van der Waals surface area (Å²) in [4.78, 5) is 35.3. The topological polar surface area (TPSA) is 78.9 Å². The van der Waals surface area contributed by atoms with Crippen molar-refractivity contribution in [2.45, 2.75) is 90.8 Å². The summed E-state index contributed by atoms with van der Waals surface area (Å²) in [5, 5.41) is 0. The fraction of sp³-hybridized carbons (Fsp3) is 0.679. The Kier molecular flexibility index (Phi) is 6.68. The lowest BCUT2D eigenvalue weighted by Gasteiger charge is -2.55. The van der Waals surface area contributed by atoms with Gasteiger partial charge < -0.3 is 14.2 Å². The van der Waals surface area contributed by atoms with Gasteiger partial charge in [-0.05, 0) is 88.0 Å². The van der Waals surface area contributed by atoms with Gasteiger partial charge in [0.2, 0.25) is 0 Å². The van der Waals surface area contributed by atoms with Crippen LogP contribution in [0.15, 0.2) is 23.5 Å². The van der Waals surface area contributed by atoms with Crippen LogP contribution in [0.5, 0.6) is 0 Å². The first-order chi connectivity index (χ1) is 16.1. The molecule has 4 aliphatic rings. The van der Waals surface area contributed by atoms with Gasteiger partial charge in [-0.25, -0.2) is 4.79 Å². The molecule has 184 valence electrons. The Balaban J connectivity index is 1.51. The summed E-state index contributed by atoms with van der Waals surface area (Å²) in [6.07, 6.45) is 17.1. The van der Waals surface area contributed by atoms with Crippen LogP contribution in [0, 0.1) is 41.4 Å². The number of allylic oxidation sites excluding steroid dienone is 2. The van der Waals surface area contributed by atoms with Crippen LogP contribution in [0.2, 0.25) is 0 Å². The minimum atomic E-state index is -0.949. The van der Waals surface area contributed by atoms with Crippen molar-refractivity contribution in [2.24, 2.45) is 29.1 Å². The van der Waals surface area contributed by atoms with E-state index in [0.29, 0.717) is 30.1 Å². The molecule has 0 saturated heterocycles. The van der Waals surface area contributed by atoms with Crippen LogP contribution in [0.3, 0.4) is 0 Å². The lowest BCUT2D eigenvalue weighted by molar-refractivity contribution is -0.164. The van der Waals surface area contributed by atoms with Crippen LogP contribution in [-0.2, 0) is 28.6 Å². The van der Waals surface area contributed by atoms with E-state index in [1.165, 1.54) is 25.5 Å². The van der Waals surface area contributed by atoms with Gasteiger partial charge in [0.05, 0.1) is 6.08 Å². The smallest absolute Gasteiger partial charge is 0.335 e. The number of carbonyl (C=O) groups excluding carboxylic acids is 3. The Morgan fingerprint density at radius 3 is 2.47 bits per heavy atom. The van der Waals surface area contributed by atoms with E-state index in [1.54, 1.807) is 6.92 Å². The van der Waals surface area contributed by atoms with E-state index >= 15 is 0 Å². The lowest BCUT2D eigenvalue weighted by Crippen LogP contribution is -2.53. The summed E-state index contributed by atoms with van der Waals surface area (Å²) >= 11 is 0. The Morgan fingerprint density at radius 2 is 1.79 bits per heavy atom. The molecule has 0 aromatic rings. The zero-order valence-electron chi connectivity index (χ0n) is 20.7. The lowest BCUT2D eigenvalue weighted by atomic mass is 9.50. The Bertz CT molecular complexity index is 970. The van der Waals surface area contributed by atoms with E-state index in [2.05, 4.69) is 18.9 Å². The molecule has 6 nitrogen and oxygen atoms in total. The second-order valence-electron chi connectivity index (χ2n) is 10.8. The van der Waals surface area contributed by atoms with Crippen LogP contribution in [0.25, 0.3) is 0 Å². The maximum atomic E-state index is 12.7. The fourth-order valence-corrected chi connectivity index (χ4v) is 7.66. The zero-order valence-corrected chi connectivity index (χ0v) is 20.7. The number of esters is 3. The second kappa shape index (κ2) is 9.24. The summed E-state index contributed by atoms with van der Waals surface area (Å²) in [5.41, 5.74) is 0.231. The normalized spacial score (nSPS) is 38.9. The third-order valence-electron chi connectivity index (χ3n) is 8.98. The largest absolute Gasteiger partial charge is 0.458 e. The minimum Gasteiger partial charge on any atom is -0.458 e. The molecule has 6 heteroatoms. The van der Waals surface area contributed by atoms with Gasteiger partial charge in [0, 0.05) is 19.3 Å². The highest BCUT2D eigenvalue weighted by Crippen LogP contribution is 2.65. The molecule has 7 atom stereocenters. The Morgan fingerprint density at radius 1 is 1.03 bits per heavy atom. The maximum absolute atomic E-state index is 12.7. The third kappa shape index (κ3) is 4.30. The van der Waals surface area contributed by atoms with E-state index in [0.717, 1.165) is 44.9 Å². The molecule has 0 aliphatic heterocycles. The summed E-state index contributed by atoms with van der Waals surface area (Å²) in [6, 6.07) is 0. The predicted octanol–water partition coefficient (Wildman–Crippen LogP) is 4.87. The number of terminal acetylenes is 1. The number of hydrogen-bond acceptors (Lipinski definition) is 6. The highest BCUT2D eigenvalue weighted by atomic mass is 16.6. The molecule has 0 spiro atoms. The molecule has 34 heavy (non-hydrogen) atoms. The van der Waals surface area contributed by atoms with Crippen molar-refractivity contribution in [3.05, 3.63) is 23.5 Å². The highest BCUT2D eigenvalue weighted by Gasteiger charge is 2.64. The molecule has 3 saturated carbocycles. The summed E-state index contributed by atoms with van der Waals surface area (Å²) in [6.45, 7) is 6.53. The van der Waals surface area contributed by atoms with Gasteiger partial charge in [-0.2, -0.15) is 0 Å². The number of fused-ring (bicyclic) bond motifs is 5. The van der Waals surface area contributed by atoms with Gasteiger partial charge in [0.15, 0.2) is 5.60 Å². The van der Waals surface area contributed by atoms with Crippen molar-refractivity contribution >= 4 is 17.9 Å². The predicted molar refractivity (Wildman–Crippen MR) is 126 cm³/mol. The molecular weight excluding hydrogens is 432 g/mol. The average Bonchev–Trinajstić information content (AvgIpc) is 3.04. The molecule has 0 N–H and O–H groups in total. The highest BCUT2D eigenvalue weighted by molar-refractivity contribution is 5.83. The first-order valence-electron chi connectivity index (χ1n) is 12.5. The van der Waals surface area contributed by atoms with Gasteiger partial charge in [0.1, 0.15) is 11.9 Å². The number of ether oxygens (including phenoxy) is 3. The molecular formula is C28H36O6. The van der Waals surface area contributed by atoms with E-state index in [4.69, 9.17) is 20.6 Å². The van der Waals surface area contributed by atoms with E-state index < -0.39 is 17.5 Å². The average molecular weight is 469 g/mol. The van der Waals surface area contributed by atoms with Crippen molar-refractivity contribution in [1.29, 1.82) is 0 Å². The molecule has 0 radical (unpaired) electrons. The first-order valence-corrected chi connectivity index (χ1v) is 12.5. The third-order valence-corrected chi connectivity index (χ3v) is 8.98. The van der Waals surface area contributed by atoms with Crippen molar-refractivity contribution in [3.63, 3.8) is 0 Å². The molecule has 0 unspecified atom stereocenters. The standard InChI is InChI=1S/C28H36O6/c1-6-28(34-26(31)15-17(2)32-18(3)29)14-12-25-24-9-7-20-16-21(33-19(4)30)8-10-22(20)23(24)11-13-27(25,28)5/h1,15-16,21-25H,7-14H2,2-5H3/b17-15-/t21-,22-,23+,24+,25-,27-,28+/m0/s1. The first kappa shape index (κ1) is 24.6. The molecule has 0 bridgehead atoms. The molecule has 4 aliphatic carbocycles. The van der Waals surface area contributed by atoms with Gasteiger partial charge >= 0.3 is 17.9 Å².